The van der Waals surface area contributed by atoms with Gasteiger partial charge in [0.15, 0.2) is 0 Å². The highest BCUT2D eigenvalue weighted by molar-refractivity contribution is 5.73. The van der Waals surface area contributed by atoms with E-state index >= 15 is 0 Å². The topological polar surface area (TPSA) is 110 Å². The fourth-order valence-electron chi connectivity index (χ4n) is 1.09. The van der Waals surface area contributed by atoms with Gasteiger partial charge >= 0.3 is 5.97 Å². The summed E-state index contributed by atoms with van der Waals surface area (Å²) in [7, 11) is 0. The van der Waals surface area contributed by atoms with Crippen molar-refractivity contribution in [3.63, 3.8) is 0 Å². The van der Waals surface area contributed by atoms with E-state index in [-0.39, 0.29) is 12.2 Å². The number of carboxylic acid groups (broad SMARTS) is 1. The molecule has 1 aromatic rings. The lowest BCUT2D eigenvalue weighted by atomic mass is 10.1. The SMILES string of the molecule is Nc1ccc(O)c(C[C@@H](N)C(=O)O)c1. The minimum Gasteiger partial charge on any atom is -0.508 e. The van der Waals surface area contributed by atoms with E-state index in [4.69, 9.17) is 16.6 Å². The molecule has 1 atom stereocenters. The maximum Gasteiger partial charge on any atom is 0.320 e. The molecule has 0 heterocycles. The maximum atomic E-state index is 10.5. The summed E-state index contributed by atoms with van der Waals surface area (Å²) < 4.78 is 0. The van der Waals surface area contributed by atoms with Gasteiger partial charge < -0.3 is 21.7 Å². The number of benzene rings is 1. The van der Waals surface area contributed by atoms with Crippen LogP contribution in [0.1, 0.15) is 5.56 Å². The number of nitrogen functional groups attached to an aromatic ring is 1. The van der Waals surface area contributed by atoms with E-state index in [0.717, 1.165) is 0 Å². The predicted molar refractivity (Wildman–Crippen MR) is 51.8 cm³/mol. The Balaban J connectivity index is 2.85. The lowest BCUT2D eigenvalue weighted by Crippen LogP contribution is -2.32. The van der Waals surface area contributed by atoms with Gasteiger partial charge in [-0.2, -0.15) is 0 Å². The van der Waals surface area contributed by atoms with E-state index in [0.29, 0.717) is 11.3 Å². The molecule has 1 rings (SSSR count). The summed E-state index contributed by atoms with van der Waals surface area (Å²) in [5, 5.41) is 17.9. The van der Waals surface area contributed by atoms with Crippen molar-refractivity contribution in [2.24, 2.45) is 5.73 Å². The first-order valence-electron chi connectivity index (χ1n) is 4.06. The Kier molecular flexibility index (Phi) is 2.93. The largest absolute Gasteiger partial charge is 0.508 e. The van der Waals surface area contributed by atoms with Gasteiger partial charge in [-0.1, -0.05) is 0 Å². The Labute approximate surface area is 81.0 Å². The molecule has 0 spiro atoms. The van der Waals surface area contributed by atoms with Crippen LogP contribution < -0.4 is 11.5 Å². The van der Waals surface area contributed by atoms with Crippen molar-refractivity contribution in [2.75, 3.05) is 5.73 Å². The highest BCUT2D eigenvalue weighted by Gasteiger charge is 2.14. The van der Waals surface area contributed by atoms with Crippen LogP contribution in [-0.2, 0) is 11.2 Å². The Hall–Kier alpha value is -1.75. The summed E-state index contributed by atoms with van der Waals surface area (Å²) in [5.41, 5.74) is 11.7. The summed E-state index contributed by atoms with van der Waals surface area (Å²) in [6.45, 7) is 0. The first-order valence-corrected chi connectivity index (χ1v) is 4.06. The van der Waals surface area contributed by atoms with Gasteiger partial charge in [-0.25, -0.2) is 0 Å². The van der Waals surface area contributed by atoms with Crippen LogP contribution >= 0.6 is 0 Å². The Morgan fingerprint density at radius 2 is 2.14 bits per heavy atom. The minimum atomic E-state index is -1.10. The second kappa shape index (κ2) is 3.97. The van der Waals surface area contributed by atoms with Gasteiger partial charge in [0.05, 0.1) is 0 Å². The van der Waals surface area contributed by atoms with E-state index < -0.39 is 12.0 Å². The molecule has 0 aromatic heterocycles. The third-order valence-corrected chi connectivity index (χ3v) is 1.86. The molecule has 0 aliphatic rings. The van der Waals surface area contributed by atoms with Crippen LogP contribution in [0.15, 0.2) is 18.2 Å². The normalized spacial score (nSPS) is 12.4. The average molecular weight is 196 g/mol. The van der Waals surface area contributed by atoms with E-state index in [2.05, 4.69) is 0 Å². The van der Waals surface area contributed by atoms with Crippen molar-refractivity contribution >= 4 is 11.7 Å². The molecular weight excluding hydrogens is 184 g/mol. The number of nitrogens with two attached hydrogens (primary N) is 2. The molecule has 76 valence electrons. The van der Waals surface area contributed by atoms with E-state index in [1.807, 2.05) is 0 Å². The summed E-state index contributed by atoms with van der Waals surface area (Å²) in [6, 6.07) is 3.44. The Morgan fingerprint density at radius 1 is 1.50 bits per heavy atom. The number of aromatic hydroxyl groups is 1. The van der Waals surface area contributed by atoms with Crippen LogP contribution in [0.25, 0.3) is 0 Å². The highest BCUT2D eigenvalue weighted by Crippen LogP contribution is 2.20. The number of hydrogen-bond donors (Lipinski definition) is 4. The second-order valence-corrected chi connectivity index (χ2v) is 3.04. The summed E-state index contributed by atoms with van der Waals surface area (Å²) in [6.07, 6.45) is 0.0617. The molecule has 1 aromatic carbocycles. The standard InChI is InChI=1S/C9H12N2O3/c10-6-1-2-8(12)5(3-6)4-7(11)9(13)14/h1-3,7,12H,4,10-11H2,(H,13,14)/t7-/m1/s1. The zero-order valence-electron chi connectivity index (χ0n) is 7.47. The monoisotopic (exact) mass is 196 g/mol. The Bertz CT molecular complexity index is 352. The van der Waals surface area contributed by atoms with Crippen molar-refractivity contribution in [1.29, 1.82) is 0 Å². The van der Waals surface area contributed by atoms with Crippen molar-refractivity contribution < 1.29 is 15.0 Å². The average Bonchev–Trinajstić information content (AvgIpc) is 2.11. The van der Waals surface area contributed by atoms with Crippen LogP contribution in [0, 0.1) is 0 Å². The highest BCUT2D eigenvalue weighted by atomic mass is 16.4. The number of phenolic OH excluding ortho intramolecular Hbond substituents is 1. The van der Waals surface area contributed by atoms with Gasteiger partial charge in [0.1, 0.15) is 11.8 Å². The zero-order valence-corrected chi connectivity index (χ0v) is 7.47. The fourth-order valence-corrected chi connectivity index (χ4v) is 1.09. The molecule has 0 aliphatic carbocycles. The number of aliphatic carboxylic acids is 1. The van der Waals surface area contributed by atoms with Crippen LogP contribution in [0.3, 0.4) is 0 Å². The maximum absolute atomic E-state index is 10.5. The van der Waals surface area contributed by atoms with Crippen molar-refractivity contribution in [3.8, 4) is 5.75 Å². The van der Waals surface area contributed by atoms with Gasteiger partial charge in [-0.3, -0.25) is 4.79 Å². The molecule has 0 unspecified atom stereocenters. The fraction of sp³-hybridized carbons (Fsp3) is 0.222. The van der Waals surface area contributed by atoms with Gasteiger partial charge in [0.2, 0.25) is 0 Å². The van der Waals surface area contributed by atoms with Gasteiger partial charge in [-0.05, 0) is 23.8 Å². The number of rotatable bonds is 3. The number of carboxylic acids is 1. The zero-order chi connectivity index (χ0) is 10.7. The third-order valence-electron chi connectivity index (χ3n) is 1.86. The molecule has 0 fully saturated rings. The number of phenols is 1. The summed E-state index contributed by atoms with van der Waals surface area (Å²) in [4.78, 5) is 10.5. The molecule has 5 heteroatoms. The molecule has 0 saturated carbocycles. The molecule has 5 nitrogen and oxygen atoms in total. The molecule has 0 amide bonds. The van der Waals surface area contributed by atoms with E-state index in [1.54, 1.807) is 0 Å². The first kappa shape index (κ1) is 10.3. The predicted octanol–water partition coefficient (Wildman–Crippen LogP) is -0.0712. The van der Waals surface area contributed by atoms with Crippen LogP contribution in [0.2, 0.25) is 0 Å². The third kappa shape index (κ3) is 2.37. The molecule has 0 aliphatic heterocycles. The lowest BCUT2D eigenvalue weighted by Gasteiger charge is -2.08. The van der Waals surface area contributed by atoms with Crippen LogP contribution in [0.4, 0.5) is 5.69 Å². The van der Waals surface area contributed by atoms with Crippen molar-refractivity contribution in [3.05, 3.63) is 23.8 Å². The van der Waals surface area contributed by atoms with Crippen LogP contribution in [-0.4, -0.2) is 22.2 Å². The van der Waals surface area contributed by atoms with Gasteiger partial charge in [0, 0.05) is 12.1 Å². The summed E-state index contributed by atoms with van der Waals surface area (Å²) in [5.74, 6) is -1.09. The molecular formula is C9H12N2O3. The lowest BCUT2D eigenvalue weighted by molar-refractivity contribution is -0.138. The van der Waals surface area contributed by atoms with E-state index in [9.17, 15) is 9.90 Å². The van der Waals surface area contributed by atoms with Crippen molar-refractivity contribution in [2.45, 2.75) is 12.5 Å². The molecule has 0 saturated heterocycles. The quantitative estimate of drug-likeness (QED) is 0.399. The van der Waals surface area contributed by atoms with Crippen LogP contribution in [0.5, 0.6) is 5.75 Å². The van der Waals surface area contributed by atoms with Gasteiger partial charge in [-0.15, -0.1) is 0 Å². The molecule has 6 N–H and O–H groups in total. The Morgan fingerprint density at radius 3 is 2.71 bits per heavy atom. The smallest absolute Gasteiger partial charge is 0.320 e. The van der Waals surface area contributed by atoms with Gasteiger partial charge in [0.25, 0.3) is 0 Å². The van der Waals surface area contributed by atoms with E-state index in [1.165, 1.54) is 18.2 Å². The number of hydrogen-bond acceptors (Lipinski definition) is 4. The molecule has 14 heavy (non-hydrogen) atoms. The number of anilines is 1. The first-order chi connectivity index (χ1) is 6.50. The minimum absolute atomic E-state index is 0.0101. The van der Waals surface area contributed by atoms with Crippen molar-refractivity contribution in [1.82, 2.24) is 0 Å². The molecule has 0 bridgehead atoms. The summed E-state index contributed by atoms with van der Waals surface area (Å²) >= 11 is 0. The molecule has 0 radical (unpaired) electrons. The second-order valence-electron chi connectivity index (χ2n) is 3.04. The number of carbonyl (C=O) groups is 1.